The van der Waals surface area contributed by atoms with E-state index in [9.17, 15) is 22.8 Å². The van der Waals surface area contributed by atoms with Crippen LogP contribution in [0.15, 0.2) is 40.1 Å². The molecule has 2 aromatic carbocycles. The van der Waals surface area contributed by atoms with E-state index in [2.05, 4.69) is 10.6 Å². The molecule has 2 aromatic rings. The van der Waals surface area contributed by atoms with Crippen molar-refractivity contribution in [3.05, 3.63) is 40.9 Å². The Balaban J connectivity index is 1.83. The number of fused-ring (bicyclic) bond motifs is 1. The lowest BCUT2D eigenvalue weighted by molar-refractivity contribution is -0.127. The summed E-state index contributed by atoms with van der Waals surface area (Å²) in [5, 5.41) is 5.62. The first-order valence-corrected chi connectivity index (χ1v) is 16.3. The minimum Gasteiger partial charge on any atom is -0.495 e. The van der Waals surface area contributed by atoms with Crippen molar-refractivity contribution >= 4 is 50.8 Å². The van der Waals surface area contributed by atoms with Gasteiger partial charge in [-0.3, -0.25) is 9.69 Å². The summed E-state index contributed by atoms with van der Waals surface area (Å²) in [7, 11) is -0.302. The molecule has 1 atom stereocenters. The molecule has 2 N–H and O–H groups in total. The summed E-state index contributed by atoms with van der Waals surface area (Å²) in [4.78, 5) is 41.8. The number of benzene rings is 2. The molecule has 1 heterocycles. The van der Waals surface area contributed by atoms with Gasteiger partial charge >= 0.3 is 12.1 Å². The number of sulfone groups is 1. The predicted molar refractivity (Wildman–Crippen MR) is 164 cm³/mol. The second-order valence-corrected chi connectivity index (χ2v) is 13.2. The maximum atomic E-state index is 14.2. The third-order valence-corrected chi connectivity index (χ3v) is 10.5. The molecular formula is C30H39ClN4O7S. The Morgan fingerprint density at radius 3 is 2.35 bits per heavy atom. The average Bonchev–Trinajstić information content (AvgIpc) is 3.27. The minimum absolute atomic E-state index is 0.00413. The Labute approximate surface area is 257 Å². The molecule has 43 heavy (non-hydrogen) atoms. The molecule has 1 saturated carbocycles. The normalized spacial score (nSPS) is 18.4. The van der Waals surface area contributed by atoms with Crippen LogP contribution in [-0.4, -0.2) is 70.6 Å². The van der Waals surface area contributed by atoms with E-state index in [-0.39, 0.29) is 38.2 Å². The van der Waals surface area contributed by atoms with Gasteiger partial charge < -0.3 is 25.0 Å². The SMILES string of the molecule is CCN(CC)C(=O)Nc1ccc(S(=O)(=O)c2cc(Cl)cc3c2NC(=O)C3(CC2CCCCC2)N(C)C(=O)OC)c(OC)c1. The first kappa shape index (κ1) is 32.4. The second kappa shape index (κ2) is 13.0. The number of nitrogens with zero attached hydrogens (tertiary/aromatic N) is 2. The highest BCUT2D eigenvalue weighted by atomic mass is 35.5. The summed E-state index contributed by atoms with van der Waals surface area (Å²) < 4.78 is 38.9. The van der Waals surface area contributed by atoms with Crippen molar-refractivity contribution in [3.8, 4) is 5.75 Å². The summed E-state index contributed by atoms with van der Waals surface area (Å²) >= 11 is 6.55. The largest absolute Gasteiger partial charge is 0.495 e. The number of hydrogen-bond acceptors (Lipinski definition) is 7. The molecule has 234 valence electrons. The highest BCUT2D eigenvalue weighted by Crippen LogP contribution is 2.51. The van der Waals surface area contributed by atoms with E-state index in [0.717, 1.165) is 32.1 Å². The molecule has 11 nitrogen and oxygen atoms in total. The fraction of sp³-hybridized carbons (Fsp3) is 0.500. The van der Waals surface area contributed by atoms with Gasteiger partial charge in [0.2, 0.25) is 9.84 Å². The van der Waals surface area contributed by atoms with Gasteiger partial charge in [0.25, 0.3) is 5.91 Å². The number of methoxy groups -OCH3 is 2. The fourth-order valence-corrected chi connectivity index (χ4v) is 8.05. The van der Waals surface area contributed by atoms with Crippen LogP contribution in [0.4, 0.5) is 21.0 Å². The van der Waals surface area contributed by atoms with E-state index in [1.165, 1.54) is 50.4 Å². The van der Waals surface area contributed by atoms with Gasteiger partial charge in [-0.2, -0.15) is 0 Å². The van der Waals surface area contributed by atoms with Crippen molar-refractivity contribution < 1.29 is 32.3 Å². The van der Waals surface area contributed by atoms with Crippen molar-refractivity contribution in [3.63, 3.8) is 0 Å². The first-order valence-electron chi connectivity index (χ1n) is 14.4. The number of likely N-dealkylation sites (N-methyl/N-ethyl adjacent to an activating group) is 1. The van der Waals surface area contributed by atoms with Gasteiger partial charge in [-0.25, -0.2) is 18.0 Å². The third kappa shape index (κ3) is 5.99. The van der Waals surface area contributed by atoms with Gasteiger partial charge in [0, 0.05) is 42.5 Å². The second-order valence-electron chi connectivity index (χ2n) is 10.8. The number of nitrogens with one attached hydrogen (secondary N) is 2. The highest BCUT2D eigenvalue weighted by molar-refractivity contribution is 7.91. The van der Waals surface area contributed by atoms with Gasteiger partial charge in [-0.05, 0) is 50.5 Å². The lowest BCUT2D eigenvalue weighted by Crippen LogP contribution is -2.53. The molecule has 0 spiro atoms. The lowest BCUT2D eigenvalue weighted by Gasteiger charge is -2.39. The van der Waals surface area contributed by atoms with Crippen LogP contribution in [0.3, 0.4) is 0 Å². The van der Waals surface area contributed by atoms with Crippen LogP contribution in [0, 0.1) is 5.92 Å². The van der Waals surface area contributed by atoms with Crippen molar-refractivity contribution in [2.75, 3.05) is 45.0 Å². The van der Waals surface area contributed by atoms with E-state index in [0.29, 0.717) is 30.8 Å². The van der Waals surface area contributed by atoms with Gasteiger partial charge in [-0.1, -0.05) is 43.7 Å². The molecule has 1 aliphatic heterocycles. The summed E-state index contributed by atoms with van der Waals surface area (Å²) in [6.45, 7) is 4.72. The van der Waals surface area contributed by atoms with Crippen LogP contribution in [0.5, 0.6) is 5.75 Å². The molecule has 1 aliphatic carbocycles. The molecule has 1 unspecified atom stereocenters. The number of halogens is 1. The molecular weight excluding hydrogens is 596 g/mol. The van der Waals surface area contributed by atoms with E-state index in [1.54, 1.807) is 11.0 Å². The Kier molecular flexibility index (Phi) is 9.80. The Morgan fingerprint density at radius 2 is 1.74 bits per heavy atom. The van der Waals surface area contributed by atoms with Gasteiger partial charge in [0.15, 0.2) is 5.54 Å². The number of carbonyl (C=O) groups excluding carboxylic acids is 3. The monoisotopic (exact) mass is 634 g/mol. The number of hydrogen-bond donors (Lipinski definition) is 2. The molecule has 4 amide bonds. The topological polar surface area (TPSA) is 134 Å². The number of urea groups is 1. The number of ether oxygens (including phenoxy) is 2. The Bertz CT molecular complexity index is 1510. The van der Waals surface area contributed by atoms with Crippen LogP contribution in [0.2, 0.25) is 5.02 Å². The van der Waals surface area contributed by atoms with E-state index in [1.807, 2.05) is 13.8 Å². The molecule has 0 aromatic heterocycles. The first-order chi connectivity index (χ1) is 20.4. The van der Waals surface area contributed by atoms with Crippen LogP contribution < -0.4 is 15.4 Å². The zero-order valence-electron chi connectivity index (χ0n) is 25.2. The predicted octanol–water partition coefficient (Wildman–Crippen LogP) is 5.87. The average molecular weight is 635 g/mol. The number of rotatable bonds is 9. The van der Waals surface area contributed by atoms with Crippen molar-refractivity contribution in [1.82, 2.24) is 9.80 Å². The molecule has 0 radical (unpaired) electrons. The molecule has 13 heteroatoms. The summed E-state index contributed by atoms with van der Waals surface area (Å²) in [6, 6.07) is 6.72. The maximum absolute atomic E-state index is 14.2. The Morgan fingerprint density at radius 1 is 1.07 bits per heavy atom. The number of carbonyl (C=O) groups is 3. The molecule has 2 aliphatic rings. The maximum Gasteiger partial charge on any atom is 0.410 e. The molecule has 4 rings (SSSR count). The quantitative estimate of drug-likeness (QED) is 0.352. The third-order valence-electron chi connectivity index (χ3n) is 8.50. The van der Waals surface area contributed by atoms with E-state index < -0.39 is 27.4 Å². The molecule has 0 bridgehead atoms. The van der Waals surface area contributed by atoms with Crippen LogP contribution >= 0.6 is 11.6 Å². The summed E-state index contributed by atoms with van der Waals surface area (Å²) in [6.07, 6.45) is 4.47. The van der Waals surface area contributed by atoms with Crippen LogP contribution in [0.1, 0.15) is 57.9 Å². The van der Waals surface area contributed by atoms with Crippen molar-refractivity contribution in [2.45, 2.75) is 67.7 Å². The van der Waals surface area contributed by atoms with Gasteiger partial charge in [0.05, 0.1) is 24.8 Å². The van der Waals surface area contributed by atoms with Crippen molar-refractivity contribution in [1.29, 1.82) is 0 Å². The summed E-state index contributed by atoms with van der Waals surface area (Å²) in [5.74, 6) is -0.396. The van der Waals surface area contributed by atoms with E-state index in [4.69, 9.17) is 21.1 Å². The smallest absolute Gasteiger partial charge is 0.410 e. The lowest BCUT2D eigenvalue weighted by atomic mass is 9.76. The Hall–Kier alpha value is -3.51. The van der Waals surface area contributed by atoms with Gasteiger partial charge in [-0.15, -0.1) is 0 Å². The van der Waals surface area contributed by atoms with Crippen molar-refractivity contribution in [2.24, 2.45) is 5.92 Å². The van der Waals surface area contributed by atoms with Gasteiger partial charge in [0.1, 0.15) is 10.6 Å². The molecule has 0 saturated heterocycles. The van der Waals surface area contributed by atoms with E-state index >= 15 is 0 Å². The standard InChI is InChI=1S/C30H39ClN4O7S/c1-6-35(7-2)28(37)32-21-13-14-24(23(17-21)41-4)43(39,40)25-16-20(31)15-22-26(25)33-27(36)30(22,34(3)29(38)42-5)18-19-11-9-8-10-12-19/h13-17,19H,6-12,18H2,1-5H3,(H,32,37)(H,33,36). The number of amides is 4. The highest BCUT2D eigenvalue weighted by Gasteiger charge is 2.55. The van der Waals surface area contributed by atoms with Crippen LogP contribution in [0.25, 0.3) is 0 Å². The zero-order chi connectivity index (χ0) is 31.5. The number of anilines is 2. The minimum atomic E-state index is -4.34. The van der Waals surface area contributed by atoms with Crippen LogP contribution in [-0.2, 0) is 24.9 Å². The summed E-state index contributed by atoms with van der Waals surface area (Å²) in [5.41, 5.74) is -0.822. The molecule has 1 fully saturated rings. The fourth-order valence-electron chi connectivity index (χ4n) is 6.16. The zero-order valence-corrected chi connectivity index (χ0v) is 26.7.